The third-order valence-electron chi connectivity index (χ3n) is 7.14. The number of ether oxygens (including phenoxy) is 1. The van der Waals surface area contributed by atoms with Crippen LogP contribution in [-0.4, -0.2) is 62.4 Å². The summed E-state index contributed by atoms with van der Waals surface area (Å²) in [6.07, 6.45) is 4.37. The van der Waals surface area contributed by atoms with Crippen LogP contribution in [0.5, 0.6) is 0 Å². The Kier molecular flexibility index (Phi) is 7.77. The molecule has 0 unspecified atom stereocenters. The fourth-order valence-electron chi connectivity index (χ4n) is 4.74. The van der Waals surface area contributed by atoms with Crippen LogP contribution < -0.4 is 15.5 Å². The lowest BCUT2D eigenvalue weighted by Crippen LogP contribution is -2.44. The summed E-state index contributed by atoms with van der Waals surface area (Å²) < 4.78 is 27.8. The van der Waals surface area contributed by atoms with Crippen molar-refractivity contribution in [2.75, 3.05) is 36.5 Å². The fraction of sp³-hybridized carbons (Fsp3) is 0.429. The number of rotatable bonds is 8. The highest BCUT2D eigenvalue weighted by molar-refractivity contribution is 8.25. The normalized spacial score (nSPS) is 19.0. The predicted molar refractivity (Wildman–Crippen MR) is 153 cm³/mol. The number of urea groups is 1. The largest absolute Gasteiger partial charge is 0.377 e. The van der Waals surface area contributed by atoms with E-state index in [1.807, 2.05) is 44.2 Å². The first-order chi connectivity index (χ1) is 18.7. The van der Waals surface area contributed by atoms with E-state index in [4.69, 9.17) is 14.7 Å². The second kappa shape index (κ2) is 11.1. The van der Waals surface area contributed by atoms with Crippen molar-refractivity contribution in [3.8, 4) is 11.4 Å². The van der Waals surface area contributed by atoms with Gasteiger partial charge in [-0.1, -0.05) is 13.8 Å². The number of carbonyl (C=O) groups is 1. The molecule has 0 bridgehead atoms. The van der Waals surface area contributed by atoms with E-state index in [0.29, 0.717) is 67.2 Å². The van der Waals surface area contributed by atoms with Crippen LogP contribution in [0.2, 0.25) is 0 Å². The molecule has 3 aromatic rings. The van der Waals surface area contributed by atoms with Crippen molar-refractivity contribution in [3.63, 3.8) is 0 Å². The minimum Gasteiger partial charge on any atom is -0.377 e. The van der Waals surface area contributed by atoms with Crippen LogP contribution in [0.15, 0.2) is 59.8 Å². The van der Waals surface area contributed by atoms with Gasteiger partial charge in [-0.05, 0) is 62.1 Å². The highest BCUT2D eigenvalue weighted by Crippen LogP contribution is 2.75. The number of pyridine rings is 1. The fourth-order valence-corrected chi connectivity index (χ4v) is 6.76. The zero-order chi connectivity index (χ0) is 27.6. The molecule has 1 saturated carbocycles. The van der Waals surface area contributed by atoms with Crippen LogP contribution in [0.1, 0.15) is 39.3 Å². The molecule has 1 aliphatic heterocycles. The summed E-state index contributed by atoms with van der Waals surface area (Å²) in [5.74, 6) is 1.59. The molecule has 2 fully saturated rings. The molecule has 4 N–H and O–H groups in total. The molecule has 0 spiro atoms. The van der Waals surface area contributed by atoms with E-state index in [2.05, 4.69) is 27.4 Å². The second-order valence-corrected chi connectivity index (χ2v) is 12.9. The Labute approximate surface area is 230 Å². The third-order valence-corrected chi connectivity index (χ3v) is 9.78. The van der Waals surface area contributed by atoms with Crippen LogP contribution >= 0.6 is 10.6 Å². The average molecular weight is 553 g/mol. The lowest BCUT2D eigenvalue weighted by Gasteiger charge is -2.41. The predicted octanol–water partition coefficient (Wildman–Crippen LogP) is 5.34. The van der Waals surface area contributed by atoms with E-state index in [0.717, 1.165) is 11.4 Å². The second-order valence-electron chi connectivity index (χ2n) is 10.6. The maximum Gasteiger partial charge on any atom is 0.319 e. The molecule has 3 heterocycles. The molecule has 2 aromatic heterocycles. The topological polar surface area (TPSA) is 133 Å². The lowest BCUT2D eigenvalue weighted by atomic mass is 10.1. The van der Waals surface area contributed by atoms with Gasteiger partial charge in [0.1, 0.15) is 10.6 Å². The minimum absolute atomic E-state index is 0.112. The molecule has 1 aromatic carbocycles. The molecular formula is C28H36N6O4S. The van der Waals surface area contributed by atoms with Crippen molar-refractivity contribution in [1.82, 2.24) is 20.3 Å². The summed E-state index contributed by atoms with van der Waals surface area (Å²) in [7, 11) is -3.20. The van der Waals surface area contributed by atoms with Crippen molar-refractivity contribution < 1.29 is 18.6 Å². The Morgan fingerprint density at radius 1 is 1.15 bits per heavy atom. The maximum atomic E-state index is 12.2. The van der Waals surface area contributed by atoms with E-state index in [1.54, 1.807) is 24.5 Å². The first kappa shape index (κ1) is 27.3. The molecule has 39 heavy (non-hydrogen) atoms. The number of anilines is 2. The standard InChI is InChI=1S/C28H36N6O4S/c1-19(2)17-30-27(35)31-22-6-4-21(5-7-22)26-32-24(16-25(33-26)34-14-15-38-18-20(34)3)28(10-11-28)39(36,37)23-8-12-29-13-9-23/h4-9,12-13,16,19-20,36-37H,10-11,14-15,17-18H2,1-3H3,(H2,30,31,35)/t20-/m0/s1. The monoisotopic (exact) mass is 552 g/mol. The zero-order valence-corrected chi connectivity index (χ0v) is 23.3. The van der Waals surface area contributed by atoms with Crippen molar-refractivity contribution in [2.45, 2.75) is 49.3 Å². The third kappa shape index (κ3) is 5.72. The van der Waals surface area contributed by atoms with E-state index < -0.39 is 15.3 Å². The average Bonchev–Trinajstić information content (AvgIpc) is 3.76. The van der Waals surface area contributed by atoms with Crippen LogP contribution in [0.4, 0.5) is 16.3 Å². The number of hydrogen-bond donors (Lipinski definition) is 4. The Bertz CT molecular complexity index is 1300. The molecule has 5 rings (SSSR count). The van der Waals surface area contributed by atoms with E-state index in [-0.39, 0.29) is 12.1 Å². The van der Waals surface area contributed by atoms with Crippen molar-refractivity contribution >= 4 is 28.1 Å². The number of benzene rings is 1. The van der Waals surface area contributed by atoms with Crippen LogP contribution in [0.3, 0.4) is 0 Å². The minimum atomic E-state index is -3.20. The van der Waals surface area contributed by atoms with Crippen molar-refractivity contribution in [3.05, 3.63) is 60.6 Å². The molecular weight excluding hydrogens is 516 g/mol. The van der Waals surface area contributed by atoms with Gasteiger partial charge in [0.25, 0.3) is 0 Å². The Hall–Kier alpha value is -3.25. The molecule has 208 valence electrons. The maximum absolute atomic E-state index is 12.2. The highest BCUT2D eigenvalue weighted by Gasteiger charge is 2.57. The van der Waals surface area contributed by atoms with Crippen molar-refractivity contribution in [1.29, 1.82) is 0 Å². The first-order valence-electron chi connectivity index (χ1n) is 13.3. The molecule has 2 amide bonds. The summed E-state index contributed by atoms with van der Waals surface area (Å²) in [5, 5.41) is 5.69. The van der Waals surface area contributed by atoms with Crippen LogP contribution in [0, 0.1) is 5.92 Å². The van der Waals surface area contributed by atoms with Gasteiger partial charge in [0.05, 0.1) is 29.8 Å². The van der Waals surface area contributed by atoms with Gasteiger partial charge in [-0.2, -0.15) is 10.6 Å². The summed E-state index contributed by atoms with van der Waals surface area (Å²) in [6.45, 7) is 8.62. The molecule has 10 nitrogen and oxygen atoms in total. The van der Waals surface area contributed by atoms with Gasteiger partial charge in [-0.25, -0.2) is 14.8 Å². The van der Waals surface area contributed by atoms with Gasteiger partial charge in [0.15, 0.2) is 5.82 Å². The Morgan fingerprint density at radius 3 is 2.51 bits per heavy atom. The zero-order valence-electron chi connectivity index (χ0n) is 22.5. The van der Waals surface area contributed by atoms with Crippen LogP contribution in [0.25, 0.3) is 11.4 Å². The highest BCUT2D eigenvalue weighted by atomic mass is 32.3. The van der Waals surface area contributed by atoms with Crippen LogP contribution in [-0.2, 0) is 9.48 Å². The quantitative estimate of drug-likeness (QED) is 0.294. The Balaban J connectivity index is 1.49. The van der Waals surface area contributed by atoms with E-state index >= 15 is 0 Å². The van der Waals surface area contributed by atoms with E-state index in [1.165, 1.54) is 0 Å². The summed E-state index contributed by atoms with van der Waals surface area (Å²) in [6, 6.07) is 12.4. The lowest BCUT2D eigenvalue weighted by molar-refractivity contribution is 0.0985. The van der Waals surface area contributed by atoms with Gasteiger partial charge < -0.3 is 20.3 Å². The number of carbonyl (C=O) groups excluding carboxylic acids is 1. The van der Waals surface area contributed by atoms with Gasteiger partial charge in [-0.3, -0.25) is 14.1 Å². The molecule has 2 aliphatic rings. The summed E-state index contributed by atoms with van der Waals surface area (Å²) in [5.41, 5.74) is 2.04. The van der Waals surface area contributed by atoms with Gasteiger partial charge in [-0.15, -0.1) is 0 Å². The Morgan fingerprint density at radius 2 is 1.87 bits per heavy atom. The molecule has 1 aliphatic carbocycles. The van der Waals surface area contributed by atoms with Gasteiger partial charge in [0.2, 0.25) is 0 Å². The molecule has 1 saturated heterocycles. The molecule has 1 atom stereocenters. The van der Waals surface area contributed by atoms with Gasteiger partial charge in [0, 0.05) is 42.8 Å². The summed E-state index contributed by atoms with van der Waals surface area (Å²) in [4.78, 5) is 28.7. The number of morpholine rings is 1. The number of aromatic nitrogens is 3. The number of hydrogen-bond acceptors (Lipinski definition) is 8. The van der Waals surface area contributed by atoms with Crippen molar-refractivity contribution in [2.24, 2.45) is 5.92 Å². The first-order valence-corrected chi connectivity index (χ1v) is 14.8. The number of nitrogens with one attached hydrogen (secondary N) is 2. The van der Waals surface area contributed by atoms with E-state index in [9.17, 15) is 13.9 Å². The number of amides is 2. The summed E-state index contributed by atoms with van der Waals surface area (Å²) >= 11 is 0. The molecule has 11 heteroatoms. The molecule has 0 radical (unpaired) electrons. The SMILES string of the molecule is CC(C)CNC(=O)Nc1ccc(-c2nc(N3CCOC[C@@H]3C)cc(C3(S(O)(O)c4ccncc4)CC3)n2)cc1. The van der Waals surface area contributed by atoms with Gasteiger partial charge >= 0.3 is 6.03 Å². The smallest absolute Gasteiger partial charge is 0.319 e. The number of nitrogens with zero attached hydrogens (tertiary/aromatic N) is 4.